The van der Waals surface area contributed by atoms with E-state index in [4.69, 9.17) is 9.47 Å². The van der Waals surface area contributed by atoms with Gasteiger partial charge in [-0.3, -0.25) is 0 Å². The number of carbonyl (C=O) groups excluding carboxylic acids is 2. The molecule has 0 N–H and O–H groups in total. The van der Waals surface area contributed by atoms with Gasteiger partial charge >= 0.3 is 11.9 Å². The first-order valence-corrected chi connectivity index (χ1v) is 11.6. The molecule has 6 aliphatic rings. The molecular weight excluding hydrogens is 364 g/mol. The van der Waals surface area contributed by atoms with Gasteiger partial charge in [0.15, 0.2) is 0 Å². The van der Waals surface area contributed by atoms with Crippen LogP contribution in [0.15, 0.2) is 24.3 Å². The van der Waals surface area contributed by atoms with Crippen LogP contribution in [0.5, 0.6) is 0 Å². The van der Waals surface area contributed by atoms with Gasteiger partial charge in [-0.1, -0.05) is 6.07 Å². The summed E-state index contributed by atoms with van der Waals surface area (Å²) in [4.78, 5) is 24.9. The first kappa shape index (κ1) is 16.9. The van der Waals surface area contributed by atoms with Crippen molar-refractivity contribution in [1.29, 1.82) is 0 Å². The number of rotatable bonds is 0. The molecule has 1 aromatic carbocycles. The second kappa shape index (κ2) is 5.86. The summed E-state index contributed by atoms with van der Waals surface area (Å²) in [6.07, 6.45) is 6.78. The Balaban J connectivity index is 1.09. The zero-order valence-electron chi connectivity index (χ0n) is 16.7. The van der Waals surface area contributed by atoms with E-state index >= 15 is 0 Å². The largest absolute Gasteiger partial charge is 0.462 e. The maximum atomic E-state index is 12.5. The molecule has 1 aromatic rings. The molecule has 29 heavy (non-hydrogen) atoms. The Hall–Kier alpha value is -1.84. The van der Waals surface area contributed by atoms with Crippen molar-refractivity contribution >= 4 is 11.9 Å². The van der Waals surface area contributed by atoms with Gasteiger partial charge in [-0.15, -0.1) is 0 Å². The summed E-state index contributed by atoms with van der Waals surface area (Å²) in [6.45, 7) is 1.06. The molecule has 0 saturated heterocycles. The minimum Gasteiger partial charge on any atom is -0.462 e. The summed E-state index contributed by atoms with van der Waals surface area (Å²) in [5, 5.41) is 0. The standard InChI is InChI=1S/C25H28O4/c26-24-12-2-1-3-13(4-12)25(27)29-11-15-6-17(15)19-8-21(19)23-9-22(23)20-7-18(20)16-5-14(16)10-28-24/h1-4,14-23H,5-11H2/t14-,15-,16+,17+,18-,19-,20+,21+,22-,23-/m0/s1. The van der Waals surface area contributed by atoms with Crippen LogP contribution in [-0.2, 0) is 9.47 Å². The maximum absolute atomic E-state index is 12.5. The Labute approximate surface area is 171 Å². The number of esters is 2. The molecule has 0 aromatic heterocycles. The molecule has 4 heteroatoms. The van der Waals surface area contributed by atoms with Crippen LogP contribution in [0.3, 0.4) is 0 Å². The Morgan fingerprint density at radius 2 is 1.00 bits per heavy atom. The van der Waals surface area contributed by atoms with Gasteiger partial charge in [0.1, 0.15) is 0 Å². The number of hydrogen-bond acceptors (Lipinski definition) is 4. The highest BCUT2D eigenvalue weighted by Crippen LogP contribution is 2.72. The van der Waals surface area contributed by atoms with Crippen molar-refractivity contribution in [2.45, 2.75) is 32.1 Å². The lowest BCUT2D eigenvalue weighted by atomic mass is 10.1. The summed E-state index contributed by atoms with van der Waals surface area (Å²) in [5.74, 6) is 7.83. The number of hydrogen-bond donors (Lipinski definition) is 0. The van der Waals surface area contributed by atoms with Gasteiger partial charge < -0.3 is 9.47 Å². The van der Waals surface area contributed by atoms with Gasteiger partial charge in [0.25, 0.3) is 0 Å². The second-order valence-corrected chi connectivity index (χ2v) is 10.8. The molecule has 5 saturated carbocycles. The summed E-state index contributed by atoms with van der Waals surface area (Å²) in [5.41, 5.74) is 0.898. The fourth-order valence-corrected chi connectivity index (χ4v) is 6.94. The molecule has 5 aliphatic carbocycles. The SMILES string of the molecule is O=C1OC[C@@H]2C[C@H]2[C@@H]2C[C@H]2[C@@H]2C[C@H]2[C@@H]2C[C@H]2[C@@H]2C[C@H]2COC(=O)c2cccc1c2. The van der Waals surface area contributed by atoms with Gasteiger partial charge in [-0.25, -0.2) is 9.59 Å². The third kappa shape index (κ3) is 2.93. The zero-order valence-corrected chi connectivity index (χ0v) is 16.7. The molecule has 0 spiro atoms. The van der Waals surface area contributed by atoms with Crippen LogP contribution >= 0.6 is 0 Å². The lowest BCUT2D eigenvalue weighted by molar-refractivity contribution is 0.0476. The van der Waals surface area contributed by atoms with Crippen LogP contribution in [-0.4, -0.2) is 25.2 Å². The van der Waals surface area contributed by atoms with Gasteiger partial charge in [0.2, 0.25) is 0 Å². The van der Waals surface area contributed by atoms with E-state index in [2.05, 4.69) is 0 Å². The summed E-state index contributed by atoms with van der Waals surface area (Å²) >= 11 is 0. The van der Waals surface area contributed by atoms with E-state index in [-0.39, 0.29) is 11.9 Å². The minimum atomic E-state index is -0.319. The van der Waals surface area contributed by atoms with E-state index in [0.29, 0.717) is 36.2 Å². The second-order valence-electron chi connectivity index (χ2n) is 10.8. The molecule has 7 rings (SSSR count). The number of fused-ring (bicyclic) bond motifs is 11. The zero-order chi connectivity index (χ0) is 19.3. The van der Waals surface area contributed by atoms with Gasteiger partial charge in [-0.05, 0) is 109 Å². The van der Waals surface area contributed by atoms with Crippen molar-refractivity contribution in [2.24, 2.45) is 59.2 Å². The predicted molar refractivity (Wildman–Crippen MR) is 105 cm³/mol. The van der Waals surface area contributed by atoms with Crippen molar-refractivity contribution in [3.63, 3.8) is 0 Å². The van der Waals surface area contributed by atoms with Crippen LogP contribution in [0.2, 0.25) is 0 Å². The lowest BCUT2D eigenvalue weighted by Crippen LogP contribution is -2.12. The van der Waals surface area contributed by atoms with Crippen LogP contribution in [0.1, 0.15) is 52.8 Å². The molecular formula is C25H28O4. The summed E-state index contributed by atoms with van der Waals surface area (Å²) in [6, 6.07) is 6.81. The molecule has 4 nitrogen and oxygen atoms in total. The van der Waals surface area contributed by atoms with Crippen LogP contribution in [0.4, 0.5) is 0 Å². The smallest absolute Gasteiger partial charge is 0.338 e. The first-order chi connectivity index (χ1) is 14.2. The van der Waals surface area contributed by atoms with Crippen molar-refractivity contribution in [3.05, 3.63) is 35.4 Å². The Bertz CT molecular complexity index is 825. The molecule has 10 atom stereocenters. The quantitative estimate of drug-likeness (QED) is 0.621. The number of carbonyl (C=O) groups is 2. The third-order valence-electron chi connectivity index (χ3n) is 9.02. The third-order valence-corrected chi connectivity index (χ3v) is 9.02. The van der Waals surface area contributed by atoms with Gasteiger partial charge in [0.05, 0.1) is 24.3 Å². The Morgan fingerprint density at radius 3 is 1.45 bits per heavy atom. The molecule has 0 unspecified atom stereocenters. The molecule has 152 valence electrons. The summed E-state index contributed by atoms with van der Waals surface area (Å²) < 4.78 is 11.2. The normalized spacial score (nSPS) is 49.1. The predicted octanol–water partition coefficient (Wildman–Crippen LogP) is 4.19. The van der Waals surface area contributed by atoms with E-state index in [0.717, 1.165) is 47.3 Å². The van der Waals surface area contributed by atoms with Crippen molar-refractivity contribution in [1.82, 2.24) is 0 Å². The molecule has 2 bridgehead atoms. The molecule has 0 radical (unpaired) electrons. The highest BCUT2D eigenvalue weighted by atomic mass is 16.5. The van der Waals surface area contributed by atoms with E-state index in [1.807, 2.05) is 0 Å². The number of cyclic esters (lactones) is 2. The fraction of sp³-hybridized carbons (Fsp3) is 0.680. The molecule has 0 amide bonds. The van der Waals surface area contributed by atoms with E-state index in [1.165, 1.54) is 32.1 Å². The molecule has 5 fully saturated rings. The molecule has 1 heterocycles. The average Bonchev–Trinajstić information content (AvgIpc) is 3.56. The highest BCUT2D eigenvalue weighted by Gasteiger charge is 2.66. The molecule has 1 aliphatic heterocycles. The van der Waals surface area contributed by atoms with Crippen molar-refractivity contribution < 1.29 is 19.1 Å². The van der Waals surface area contributed by atoms with Gasteiger partial charge in [-0.2, -0.15) is 0 Å². The monoisotopic (exact) mass is 392 g/mol. The van der Waals surface area contributed by atoms with Crippen LogP contribution < -0.4 is 0 Å². The van der Waals surface area contributed by atoms with Crippen molar-refractivity contribution in [2.75, 3.05) is 13.2 Å². The topological polar surface area (TPSA) is 52.6 Å². The van der Waals surface area contributed by atoms with E-state index < -0.39 is 0 Å². The van der Waals surface area contributed by atoms with E-state index in [1.54, 1.807) is 24.3 Å². The Morgan fingerprint density at radius 1 is 0.586 bits per heavy atom. The summed E-state index contributed by atoms with van der Waals surface area (Å²) in [7, 11) is 0. The van der Waals surface area contributed by atoms with E-state index in [9.17, 15) is 9.59 Å². The Kier molecular flexibility index (Phi) is 3.42. The maximum Gasteiger partial charge on any atom is 0.338 e. The van der Waals surface area contributed by atoms with Crippen LogP contribution in [0.25, 0.3) is 0 Å². The average molecular weight is 392 g/mol. The number of benzene rings is 1. The highest BCUT2D eigenvalue weighted by molar-refractivity contribution is 5.95. The van der Waals surface area contributed by atoms with Gasteiger partial charge in [0, 0.05) is 0 Å². The number of ether oxygens (including phenoxy) is 2. The first-order valence-electron chi connectivity index (χ1n) is 11.6. The minimum absolute atomic E-state index is 0.319. The van der Waals surface area contributed by atoms with Crippen molar-refractivity contribution in [3.8, 4) is 0 Å². The van der Waals surface area contributed by atoms with Crippen LogP contribution in [0, 0.1) is 59.2 Å². The lowest BCUT2D eigenvalue weighted by Gasteiger charge is -2.07. The fourth-order valence-electron chi connectivity index (χ4n) is 6.94.